The van der Waals surface area contributed by atoms with Crippen LogP contribution in [0.5, 0.6) is 0 Å². The lowest BCUT2D eigenvalue weighted by molar-refractivity contribution is 0.155. The van der Waals surface area contributed by atoms with Crippen molar-refractivity contribution in [1.82, 2.24) is 9.97 Å². The van der Waals surface area contributed by atoms with E-state index in [4.69, 9.17) is 4.74 Å². The summed E-state index contributed by atoms with van der Waals surface area (Å²) < 4.78 is 5.02. The molecule has 5 nitrogen and oxygen atoms in total. The van der Waals surface area contributed by atoms with E-state index in [1.165, 1.54) is 11.3 Å². The molecule has 88 valence electrons. The lowest BCUT2D eigenvalue weighted by Crippen LogP contribution is -2.13. The van der Waals surface area contributed by atoms with Gasteiger partial charge in [0.15, 0.2) is 5.13 Å². The van der Waals surface area contributed by atoms with E-state index >= 15 is 0 Å². The second-order valence-electron chi connectivity index (χ2n) is 3.36. The molecule has 2 aromatic rings. The molecule has 0 bridgehead atoms. The second-order valence-corrected chi connectivity index (χ2v) is 4.21. The number of carbonyl (C=O) groups is 1. The maximum atomic E-state index is 11.4. The summed E-state index contributed by atoms with van der Waals surface area (Å²) in [6.07, 6.45) is 2.81. The van der Waals surface area contributed by atoms with Gasteiger partial charge in [0.05, 0.1) is 5.69 Å². The average molecular weight is 249 g/mol. The Morgan fingerprint density at radius 2 is 2.47 bits per heavy atom. The number of hydrogen-bond acceptors (Lipinski definition) is 5. The van der Waals surface area contributed by atoms with E-state index in [2.05, 4.69) is 15.3 Å². The normalized spacial score (nSPS) is 9.94. The Hall–Kier alpha value is -1.95. The van der Waals surface area contributed by atoms with Gasteiger partial charge in [-0.1, -0.05) is 6.07 Å². The third kappa shape index (κ3) is 3.53. The van der Waals surface area contributed by atoms with Gasteiger partial charge in [0, 0.05) is 23.3 Å². The van der Waals surface area contributed by atoms with Crippen LogP contribution in [0.25, 0.3) is 0 Å². The molecule has 0 aromatic carbocycles. The van der Waals surface area contributed by atoms with Gasteiger partial charge in [0.1, 0.15) is 6.61 Å². The summed E-state index contributed by atoms with van der Waals surface area (Å²) in [4.78, 5) is 19.4. The summed E-state index contributed by atoms with van der Waals surface area (Å²) in [6, 6.07) is 3.63. The standard InChI is InChI=1S/C11H11N3O2S/c1-8-7-17-10(13-8)14-11(15)16-6-9-3-2-4-12-5-9/h2-5,7H,6H2,1H3,(H,13,14,15). The van der Waals surface area contributed by atoms with Crippen molar-refractivity contribution in [3.63, 3.8) is 0 Å². The molecule has 2 aromatic heterocycles. The molecule has 0 aliphatic heterocycles. The molecular formula is C11H11N3O2S. The first-order valence-electron chi connectivity index (χ1n) is 4.99. The van der Waals surface area contributed by atoms with E-state index in [9.17, 15) is 4.79 Å². The third-order valence-electron chi connectivity index (χ3n) is 1.92. The molecule has 0 saturated heterocycles. The van der Waals surface area contributed by atoms with Crippen molar-refractivity contribution in [3.05, 3.63) is 41.2 Å². The minimum atomic E-state index is -0.511. The summed E-state index contributed by atoms with van der Waals surface area (Å²) in [6.45, 7) is 2.06. The van der Waals surface area contributed by atoms with Gasteiger partial charge in [-0.2, -0.15) is 0 Å². The van der Waals surface area contributed by atoms with E-state index in [1.54, 1.807) is 18.5 Å². The minimum absolute atomic E-state index is 0.198. The molecule has 0 unspecified atom stereocenters. The van der Waals surface area contributed by atoms with Crippen molar-refractivity contribution in [2.24, 2.45) is 0 Å². The SMILES string of the molecule is Cc1csc(NC(=O)OCc2cccnc2)n1. The van der Waals surface area contributed by atoms with Crippen molar-refractivity contribution in [2.45, 2.75) is 13.5 Å². The van der Waals surface area contributed by atoms with E-state index in [-0.39, 0.29) is 6.61 Å². The van der Waals surface area contributed by atoms with Crippen molar-refractivity contribution in [2.75, 3.05) is 5.32 Å². The number of anilines is 1. The van der Waals surface area contributed by atoms with Crippen LogP contribution in [0.2, 0.25) is 0 Å². The summed E-state index contributed by atoms with van der Waals surface area (Å²) in [7, 11) is 0. The lowest BCUT2D eigenvalue weighted by atomic mass is 10.3. The van der Waals surface area contributed by atoms with Gasteiger partial charge in [-0.05, 0) is 13.0 Å². The summed E-state index contributed by atoms with van der Waals surface area (Å²) in [5.41, 5.74) is 1.72. The smallest absolute Gasteiger partial charge is 0.413 e. The maximum Gasteiger partial charge on any atom is 0.413 e. The van der Waals surface area contributed by atoms with Crippen molar-refractivity contribution < 1.29 is 9.53 Å². The highest BCUT2D eigenvalue weighted by Crippen LogP contribution is 2.14. The van der Waals surface area contributed by atoms with Crippen LogP contribution in [-0.4, -0.2) is 16.1 Å². The number of rotatable bonds is 3. The Morgan fingerprint density at radius 1 is 1.59 bits per heavy atom. The second kappa shape index (κ2) is 5.40. The van der Waals surface area contributed by atoms with Gasteiger partial charge in [0.25, 0.3) is 0 Å². The number of hydrogen-bond donors (Lipinski definition) is 1. The molecule has 0 saturated carbocycles. The molecule has 0 atom stereocenters. The van der Waals surface area contributed by atoms with Gasteiger partial charge >= 0.3 is 6.09 Å². The molecule has 0 aliphatic rings. The van der Waals surface area contributed by atoms with Crippen molar-refractivity contribution >= 4 is 22.6 Å². The number of thiazole rings is 1. The van der Waals surface area contributed by atoms with Gasteiger partial charge < -0.3 is 4.74 Å². The highest BCUT2D eigenvalue weighted by molar-refractivity contribution is 7.13. The zero-order valence-corrected chi connectivity index (χ0v) is 10.0. The first-order chi connectivity index (χ1) is 8.24. The minimum Gasteiger partial charge on any atom is -0.444 e. The Kier molecular flexibility index (Phi) is 3.66. The van der Waals surface area contributed by atoms with Crippen LogP contribution in [0.15, 0.2) is 29.9 Å². The van der Waals surface area contributed by atoms with Gasteiger partial charge in [-0.25, -0.2) is 9.78 Å². The predicted molar refractivity (Wildman–Crippen MR) is 64.9 cm³/mol. The van der Waals surface area contributed by atoms with Crippen LogP contribution in [0.3, 0.4) is 0 Å². The Morgan fingerprint density at radius 3 is 3.12 bits per heavy atom. The summed E-state index contributed by atoms with van der Waals surface area (Å²) >= 11 is 1.36. The van der Waals surface area contributed by atoms with Crippen LogP contribution in [0.4, 0.5) is 9.93 Å². The van der Waals surface area contributed by atoms with Gasteiger partial charge in [-0.15, -0.1) is 11.3 Å². The van der Waals surface area contributed by atoms with E-state index in [0.717, 1.165) is 11.3 Å². The molecule has 0 radical (unpaired) electrons. The molecule has 6 heteroatoms. The van der Waals surface area contributed by atoms with Gasteiger partial charge in [0.2, 0.25) is 0 Å². The molecule has 0 spiro atoms. The lowest BCUT2D eigenvalue weighted by Gasteiger charge is -2.04. The molecule has 2 rings (SSSR count). The first kappa shape index (κ1) is 11.5. The van der Waals surface area contributed by atoms with E-state index in [1.807, 2.05) is 18.4 Å². The quantitative estimate of drug-likeness (QED) is 0.908. The van der Waals surface area contributed by atoms with Crippen molar-refractivity contribution in [1.29, 1.82) is 0 Å². The fourth-order valence-electron chi connectivity index (χ4n) is 1.17. The predicted octanol–water partition coefficient (Wildman–Crippen LogP) is 2.60. The third-order valence-corrected chi connectivity index (χ3v) is 2.80. The summed E-state index contributed by atoms with van der Waals surface area (Å²) in [5, 5.41) is 4.96. The number of aromatic nitrogens is 2. The Labute approximate surface area is 102 Å². The number of amides is 1. The molecule has 1 amide bonds. The number of pyridine rings is 1. The monoisotopic (exact) mass is 249 g/mol. The van der Waals surface area contributed by atoms with Crippen LogP contribution >= 0.6 is 11.3 Å². The number of carbonyl (C=O) groups excluding carboxylic acids is 1. The number of nitrogens with one attached hydrogen (secondary N) is 1. The zero-order valence-electron chi connectivity index (χ0n) is 9.21. The molecule has 0 aliphatic carbocycles. The molecule has 2 heterocycles. The maximum absolute atomic E-state index is 11.4. The van der Waals surface area contributed by atoms with Gasteiger partial charge in [-0.3, -0.25) is 10.3 Å². The molecular weight excluding hydrogens is 238 g/mol. The van der Waals surface area contributed by atoms with Crippen molar-refractivity contribution in [3.8, 4) is 0 Å². The molecule has 17 heavy (non-hydrogen) atoms. The van der Waals surface area contributed by atoms with Crippen LogP contribution in [0, 0.1) is 6.92 Å². The number of nitrogens with zero attached hydrogens (tertiary/aromatic N) is 2. The fourth-order valence-corrected chi connectivity index (χ4v) is 1.84. The summed E-state index contributed by atoms with van der Waals surface area (Å²) in [5.74, 6) is 0. The fraction of sp³-hybridized carbons (Fsp3) is 0.182. The van der Waals surface area contributed by atoms with Crippen LogP contribution in [-0.2, 0) is 11.3 Å². The van der Waals surface area contributed by atoms with E-state index < -0.39 is 6.09 Å². The van der Waals surface area contributed by atoms with E-state index in [0.29, 0.717) is 5.13 Å². The van der Waals surface area contributed by atoms with Crippen LogP contribution in [0.1, 0.15) is 11.3 Å². The number of ether oxygens (including phenoxy) is 1. The topological polar surface area (TPSA) is 64.1 Å². The average Bonchev–Trinajstić information content (AvgIpc) is 2.73. The zero-order chi connectivity index (χ0) is 12.1. The highest BCUT2D eigenvalue weighted by Gasteiger charge is 2.06. The highest BCUT2D eigenvalue weighted by atomic mass is 32.1. The largest absolute Gasteiger partial charge is 0.444 e. The Balaban J connectivity index is 1.82. The molecule has 0 fully saturated rings. The Bertz CT molecular complexity index is 498. The first-order valence-corrected chi connectivity index (χ1v) is 5.87. The van der Waals surface area contributed by atoms with Crippen LogP contribution < -0.4 is 5.32 Å². The molecule has 1 N–H and O–H groups in total. The number of aryl methyl sites for hydroxylation is 1.